The third-order valence-electron chi connectivity index (χ3n) is 4.88. The zero-order valence-corrected chi connectivity index (χ0v) is 17.0. The lowest BCUT2D eigenvalue weighted by molar-refractivity contribution is -0.127. The van der Waals surface area contributed by atoms with Gasteiger partial charge in [-0.25, -0.2) is 0 Å². The molecule has 0 radical (unpaired) electrons. The summed E-state index contributed by atoms with van der Waals surface area (Å²) in [5.74, 6) is 2.16. The van der Waals surface area contributed by atoms with Crippen LogP contribution in [0.5, 0.6) is 5.75 Å². The number of benzene rings is 1. The van der Waals surface area contributed by atoms with Crippen LogP contribution in [0.2, 0.25) is 5.02 Å². The van der Waals surface area contributed by atoms with E-state index in [1.807, 2.05) is 40.9 Å². The van der Waals surface area contributed by atoms with E-state index in [1.54, 1.807) is 17.8 Å². The largest absolute Gasteiger partial charge is 0.492 e. The fraction of sp³-hybridized carbons (Fsp3) is 0.350. The van der Waals surface area contributed by atoms with Crippen molar-refractivity contribution in [3.63, 3.8) is 0 Å². The highest BCUT2D eigenvalue weighted by molar-refractivity contribution is 7.98. The topological polar surface area (TPSA) is 68.5 Å². The van der Waals surface area contributed by atoms with E-state index in [-0.39, 0.29) is 17.9 Å². The highest BCUT2D eigenvalue weighted by Crippen LogP contribution is 2.30. The monoisotopic (exact) mass is 416 g/mol. The molecule has 0 fully saturated rings. The maximum atomic E-state index is 13.0. The molecule has 28 heavy (non-hydrogen) atoms. The van der Waals surface area contributed by atoms with Crippen LogP contribution in [0.1, 0.15) is 23.9 Å². The van der Waals surface area contributed by atoms with Crippen LogP contribution in [-0.4, -0.2) is 39.1 Å². The lowest BCUT2D eigenvalue weighted by atomic mass is 9.95. The molecule has 4 rings (SSSR count). The smallest absolute Gasteiger partial charge is 0.227 e. The molecule has 0 saturated heterocycles. The number of carbonyl (C=O) groups excluding carboxylic acids is 1. The Labute approximate surface area is 172 Å². The number of pyridine rings is 1. The Balaban J connectivity index is 1.53. The first-order valence-corrected chi connectivity index (χ1v) is 10.9. The van der Waals surface area contributed by atoms with Gasteiger partial charge in [-0.2, -0.15) is 11.8 Å². The van der Waals surface area contributed by atoms with Crippen LogP contribution in [0.3, 0.4) is 0 Å². The lowest BCUT2D eigenvalue weighted by Crippen LogP contribution is -2.40. The summed E-state index contributed by atoms with van der Waals surface area (Å²) in [5.41, 5.74) is 1.73. The number of fused-ring (bicyclic) bond motifs is 2. The van der Waals surface area contributed by atoms with Gasteiger partial charge < -0.3 is 10.1 Å². The summed E-state index contributed by atoms with van der Waals surface area (Å²) in [5, 5.41) is 12.4. The van der Waals surface area contributed by atoms with E-state index in [0.29, 0.717) is 18.1 Å². The van der Waals surface area contributed by atoms with Crippen molar-refractivity contribution in [1.82, 2.24) is 19.9 Å². The Morgan fingerprint density at radius 1 is 1.39 bits per heavy atom. The molecular formula is C20H21ClN4O2S. The van der Waals surface area contributed by atoms with Crippen molar-refractivity contribution < 1.29 is 9.53 Å². The Bertz CT molecular complexity index is 993. The summed E-state index contributed by atoms with van der Waals surface area (Å²) in [6.45, 7) is 0.357. The van der Waals surface area contributed by atoms with Crippen LogP contribution in [0.25, 0.3) is 5.65 Å². The number of hydrogen-bond donors (Lipinski definition) is 1. The van der Waals surface area contributed by atoms with Crippen LogP contribution in [0.15, 0.2) is 42.6 Å². The van der Waals surface area contributed by atoms with Crippen molar-refractivity contribution in [2.24, 2.45) is 5.92 Å². The molecule has 8 heteroatoms. The highest BCUT2D eigenvalue weighted by atomic mass is 35.5. The molecule has 1 aliphatic heterocycles. The molecule has 0 spiro atoms. The molecule has 2 aromatic heterocycles. The number of aromatic nitrogens is 3. The van der Waals surface area contributed by atoms with Gasteiger partial charge in [0.05, 0.1) is 12.0 Å². The summed E-state index contributed by atoms with van der Waals surface area (Å²) in [4.78, 5) is 13.0. The molecule has 3 heterocycles. The van der Waals surface area contributed by atoms with Gasteiger partial charge in [0, 0.05) is 11.2 Å². The number of rotatable bonds is 6. The van der Waals surface area contributed by atoms with Crippen molar-refractivity contribution >= 4 is 34.9 Å². The molecule has 146 valence electrons. The quantitative estimate of drug-likeness (QED) is 0.665. The van der Waals surface area contributed by atoms with Gasteiger partial charge in [-0.1, -0.05) is 17.7 Å². The van der Waals surface area contributed by atoms with Crippen LogP contribution in [-0.2, 0) is 11.2 Å². The van der Waals surface area contributed by atoms with E-state index in [1.165, 1.54) is 0 Å². The number of hydrogen-bond acceptors (Lipinski definition) is 5. The third kappa shape index (κ3) is 3.95. The molecule has 2 atom stereocenters. The van der Waals surface area contributed by atoms with Gasteiger partial charge in [-0.15, -0.1) is 10.2 Å². The highest BCUT2D eigenvalue weighted by Gasteiger charge is 2.29. The maximum absolute atomic E-state index is 13.0. The Morgan fingerprint density at radius 2 is 2.29 bits per heavy atom. The van der Waals surface area contributed by atoms with Gasteiger partial charge in [0.25, 0.3) is 0 Å². The SMILES string of the molecule is CSCCC(NC(=O)C1COc2ccc(Cl)cc2C1)c1nnc2ccccn12. The number of nitrogens with one attached hydrogen (secondary N) is 1. The fourth-order valence-corrected chi connectivity index (χ4v) is 4.09. The van der Waals surface area contributed by atoms with E-state index >= 15 is 0 Å². The molecule has 1 amide bonds. The number of amides is 1. The van der Waals surface area contributed by atoms with Crippen LogP contribution < -0.4 is 10.1 Å². The number of thioether (sulfide) groups is 1. The van der Waals surface area contributed by atoms with Gasteiger partial charge in [0.2, 0.25) is 5.91 Å². The predicted molar refractivity (Wildman–Crippen MR) is 111 cm³/mol. The van der Waals surface area contributed by atoms with Crippen molar-refractivity contribution in [2.75, 3.05) is 18.6 Å². The van der Waals surface area contributed by atoms with Gasteiger partial charge in [-0.05, 0) is 60.7 Å². The predicted octanol–water partition coefficient (Wildman–Crippen LogP) is 3.54. The van der Waals surface area contributed by atoms with Crippen LogP contribution >= 0.6 is 23.4 Å². The summed E-state index contributed by atoms with van der Waals surface area (Å²) in [6.07, 6.45) is 5.36. The van der Waals surface area contributed by atoms with E-state index in [9.17, 15) is 4.79 Å². The van der Waals surface area contributed by atoms with E-state index in [2.05, 4.69) is 21.8 Å². The second-order valence-electron chi connectivity index (χ2n) is 6.79. The molecule has 6 nitrogen and oxygen atoms in total. The molecule has 1 aliphatic rings. The fourth-order valence-electron chi connectivity index (χ4n) is 3.42. The molecule has 2 unspecified atom stereocenters. The second-order valence-corrected chi connectivity index (χ2v) is 8.22. The van der Waals surface area contributed by atoms with E-state index in [4.69, 9.17) is 16.3 Å². The number of carbonyl (C=O) groups is 1. The summed E-state index contributed by atoms with van der Waals surface area (Å²) in [6, 6.07) is 11.1. The number of halogens is 1. The number of ether oxygens (including phenoxy) is 1. The van der Waals surface area contributed by atoms with Crippen LogP contribution in [0, 0.1) is 5.92 Å². The first-order valence-electron chi connectivity index (χ1n) is 9.16. The Hall–Kier alpha value is -2.25. The zero-order valence-electron chi connectivity index (χ0n) is 15.5. The summed E-state index contributed by atoms with van der Waals surface area (Å²) >= 11 is 7.83. The van der Waals surface area contributed by atoms with Gasteiger partial charge in [0.15, 0.2) is 11.5 Å². The molecule has 0 bridgehead atoms. The molecule has 0 saturated carbocycles. The first kappa shape index (κ1) is 19.1. The zero-order chi connectivity index (χ0) is 19.5. The normalized spacial score (nSPS) is 17.0. The van der Waals surface area contributed by atoms with Crippen molar-refractivity contribution in [3.8, 4) is 5.75 Å². The molecule has 0 aliphatic carbocycles. The summed E-state index contributed by atoms with van der Waals surface area (Å²) in [7, 11) is 0. The molecule has 1 aromatic carbocycles. The molecule has 3 aromatic rings. The minimum atomic E-state index is -0.262. The Morgan fingerprint density at radius 3 is 3.14 bits per heavy atom. The van der Waals surface area contributed by atoms with E-state index < -0.39 is 0 Å². The van der Waals surface area contributed by atoms with Gasteiger partial charge in [-0.3, -0.25) is 9.20 Å². The standard InChI is InChI=1S/C20H21ClN4O2S/c1-28-9-7-16(19-24-23-18-4-2-3-8-25(18)19)22-20(26)14-10-13-11-15(21)5-6-17(13)27-12-14/h2-6,8,11,14,16H,7,9-10,12H2,1H3,(H,22,26). The molecule has 1 N–H and O–H groups in total. The van der Waals surface area contributed by atoms with Gasteiger partial charge >= 0.3 is 0 Å². The lowest BCUT2D eigenvalue weighted by Gasteiger charge is -2.26. The summed E-state index contributed by atoms with van der Waals surface area (Å²) < 4.78 is 7.71. The minimum Gasteiger partial charge on any atom is -0.492 e. The second kappa shape index (κ2) is 8.41. The number of nitrogens with zero attached hydrogens (tertiary/aromatic N) is 3. The average molecular weight is 417 g/mol. The first-order chi connectivity index (χ1) is 13.7. The third-order valence-corrected chi connectivity index (χ3v) is 5.76. The van der Waals surface area contributed by atoms with Crippen molar-refractivity contribution in [3.05, 3.63) is 59.0 Å². The van der Waals surface area contributed by atoms with Crippen molar-refractivity contribution in [2.45, 2.75) is 18.9 Å². The minimum absolute atomic E-state index is 0.0376. The maximum Gasteiger partial charge on any atom is 0.227 e. The Kier molecular flexibility index (Phi) is 5.73. The van der Waals surface area contributed by atoms with E-state index in [0.717, 1.165) is 35.0 Å². The average Bonchev–Trinajstić information content (AvgIpc) is 3.14. The van der Waals surface area contributed by atoms with Gasteiger partial charge in [0.1, 0.15) is 12.4 Å². The molecular weight excluding hydrogens is 396 g/mol. The van der Waals surface area contributed by atoms with Crippen molar-refractivity contribution in [1.29, 1.82) is 0 Å². The van der Waals surface area contributed by atoms with Crippen LogP contribution in [0.4, 0.5) is 0 Å².